The summed E-state index contributed by atoms with van der Waals surface area (Å²) in [4.78, 5) is 0. The summed E-state index contributed by atoms with van der Waals surface area (Å²) in [5.41, 5.74) is 7.23. The Hall–Kier alpha value is -1.81. The normalized spacial score (nSPS) is 19.5. The smallest absolute Gasteiger partial charge is 0.491 e. The third-order valence-corrected chi connectivity index (χ3v) is 4.49. The lowest BCUT2D eigenvalue weighted by molar-refractivity contribution is 0.00578. The van der Waals surface area contributed by atoms with E-state index in [1.807, 2.05) is 39.8 Å². The molecule has 0 amide bonds. The van der Waals surface area contributed by atoms with Crippen LogP contribution in [0.2, 0.25) is 0 Å². The summed E-state index contributed by atoms with van der Waals surface area (Å²) in [6.07, 6.45) is 1.91. The van der Waals surface area contributed by atoms with Crippen molar-refractivity contribution < 1.29 is 14.0 Å². The summed E-state index contributed by atoms with van der Waals surface area (Å²) in [5.74, 6) is 0.551. The molecule has 0 atom stereocenters. The Balaban J connectivity index is 2.32. The van der Waals surface area contributed by atoms with Crippen molar-refractivity contribution >= 4 is 13.2 Å². The van der Waals surface area contributed by atoms with Crippen LogP contribution in [0.15, 0.2) is 23.7 Å². The first-order valence-corrected chi connectivity index (χ1v) is 7.58. The lowest BCUT2D eigenvalue weighted by atomic mass is 9.77. The van der Waals surface area contributed by atoms with Gasteiger partial charge in [0.2, 0.25) is 0 Å². The fourth-order valence-corrected chi connectivity index (χ4v) is 2.33. The maximum atomic E-state index is 9.19. The van der Waals surface area contributed by atoms with Crippen molar-refractivity contribution in [2.24, 2.45) is 5.73 Å². The molecule has 0 aromatic heterocycles. The zero-order valence-electron chi connectivity index (χ0n) is 14.3. The van der Waals surface area contributed by atoms with Gasteiger partial charge in [-0.15, -0.1) is 0 Å². The molecule has 1 aromatic carbocycles. The van der Waals surface area contributed by atoms with Crippen molar-refractivity contribution in [1.82, 2.24) is 0 Å². The molecule has 2 N–H and O–H groups in total. The Kier molecular flexibility index (Phi) is 4.85. The highest BCUT2D eigenvalue weighted by Crippen LogP contribution is 2.38. The molecule has 122 valence electrons. The van der Waals surface area contributed by atoms with Crippen LogP contribution in [0, 0.1) is 11.3 Å². The number of nitrogens with zero attached hydrogens (tertiary/aromatic N) is 1. The van der Waals surface area contributed by atoms with Crippen LogP contribution in [0.25, 0.3) is 6.08 Å². The molecule has 1 aliphatic rings. The van der Waals surface area contributed by atoms with Crippen molar-refractivity contribution in [3.8, 4) is 11.8 Å². The Labute approximate surface area is 138 Å². The summed E-state index contributed by atoms with van der Waals surface area (Å²) in [7, 11) is 1.05. The maximum absolute atomic E-state index is 9.19. The number of methoxy groups -OCH3 is 1. The minimum atomic E-state index is -0.488. The van der Waals surface area contributed by atoms with E-state index in [0.717, 1.165) is 11.0 Å². The van der Waals surface area contributed by atoms with E-state index in [2.05, 4.69) is 6.07 Å². The molecule has 6 heteroatoms. The standard InChI is InChI=1S/C17H23BN2O3/c1-16(2)17(3,4)23-18(22-16)14(11-20)9-12-6-7-15(21-5)13(8-12)10-19/h6-9H,11,20H2,1-5H3. The van der Waals surface area contributed by atoms with Gasteiger partial charge in [0.15, 0.2) is 0 Å². The summed E-state index contributed by atoms with van der Waals surface area (Å²) in [5, 5.41) is 9.19. The molecule has 0 spiro atoms. The number of ether oxygens (including phenoxy) is 1. The predicted octanol–water partition coefficient (Wildman–Crippen LogP) is 2.54. The monoisotopic (exact) mass is 314 g/mol. The molecule has 1 aromatic rings. The van der Waals surface area contributed by atoms with Gasteiger partial charge in [-0.3, -0.25) is 0 Å². The summed E-state index contributed by atoms with van der Waals surface area (Å²) in [6.45, 7) is 8.32. The second kappa shape index (κ2) is 6.36. The first kappa shape index (κ1) is 17.5. The van der Waals surface area contributed by atoms with Gasteiger partial charge >= 0.3 is 7.12 Å². The molecule has 0 radical (unpaired) electrons. The van der Waals surface area contributed by atoms with Crippen molar-refractivity contribution in [3.63, 3.8) is 0 Å². The highest BCUT2D eigenvalue weighted by molar-refractivity contribution is 6.55. The SMILES string of the molecule is COc1ccc(C=C(CN)B2OC(C)(C)C(C)(C)O2)cc1C#N. The molecule has 0 saturated carbocycles. The van der Waals surface area contributed by atoms with Crippen LogP contribution in [0.4, 0.5) is 0 Å². The number of hydrogen-bond donors (Lipinski definition) is 1. The van der Waals surface area contributed by atoms with Crippen LogP contribution in [0.1, 0.15) is 38.8 Å². The van der Waals surface area contributed by atoms with Crippen LogP contribution in [-0.2, 0) is 9.31 Å². The molecule has 0 aliphatic carbocycles. The zero-order chi connectivity index (χ0) is 17.3. The third-order valence-electron chi connectivity index (χ3n) is 4.49. The molecule has 0 unspecified atom stereocenters. The number of nitrogens with two attached hydrogens (primary N) is 1. The van der Waals surface area contributed by atoms with Crippen LogP contribution >= 0.6 is 0 Å². The first-order chi connectivity index (χ1) is 10.7. The van der Waals surface area contributed by atoms with E-state index in [9.17, 15) is 5.26 Å². The topological polar surface area (TPSA) is 77.5 Å². The van der Waals surface area contributed by atoms with Crippen molar-refractivity contribution in [2.75, 3.05) is 13.7 Å². The number of hydrogen-bond acceptors (Lipinski definition) is 5. The summed E-state index contributed by atoms with van der Waals surface area (Å²) < 4.78 is 17.2. The number of nitriles is 1. The first-order valence-electron chi connectivity index (χ1n) is 7.58. The van der Waals surface area contributed by atoms with Gasteiger partial charge in [0.1, 0.15) is 11.8 Å². The molecule has 1 fully saturated rings. The van der Waals surface area contributed by atoms with Crippen molar-refractivity contribution in [3.05, 3.63) is 34.8 Å². The molecule has 1 heterocycles. The van der Waals surface area contributed by atoms with E-state index < -0.39 is 18.3 Å². The fraction of sp³-hybridized carbons (Fsp3) is 0.471. The fourth-order valence-electron chi connectivity index (χ4n) is 2.33. The van der Waals surface area contributed by atoms with Gasteiger partial charge in [-0.05, 0) is 50.9 Å². The quantitative estimate of drug-likeness (QED) is 0.864. The largest absolute Gasteiger partial charge is 0.495 e. The average molecular weight is 314 g/mol. The molecule has 5 nitrogen and oxygen atoms in total. The molecule has 2 rings (SSSR count). The van der Waals surface area contributed by atoms with Crippen LogP contribution in [-0.4, -0.2) is 32.0 Å². The lowest BCUT2D eigenvalue weighted by Crippen LogP contribution is -2.41. The van der Waals surface area contributed by atoms with Crippen LogP contribution in [0.3, 0.4) is 0 Å². The second-order valence-electron chi connectivity index (χ2n) is 6.58. The Morgan fingerprint density at radius 3 is 2.39 bits per heavy atom. The lowest BCUT2D eigenvalue weighted by Gasteiger charge is -2.32. The Bertz CT molecular complexity index is 646. The number of rotatable bonds is 4. The maximum Gasteiger partial charge on any atom is 0.491 e. The zero-order valence-corrected chi connectivity index (χ0v) is 14.3. The van der Waals surface area contributed by atoms with Gasteiger partial charge in [-0.2, -0.15) is 5.26 Å². The summed E-state index contributed by atoms with van der Waals surface area (Å²) in [6, 6.07) is 7.53. The van der Waals surface area contributed by atoms with E-state index in [4.69, 9.17) is 19.8 Å². The van der Waals surface area contributed by atoms with E-state index >= 15 is 0 Å². The molecular formula is C17H23BN2O3. The van der Waals surface area contributed by atoms with Crippen LogP contribution < -0.4 is 10.5 Å². The molecule has 23 heavy (non-hydrogen) atoms. The van der Waals surface area contributed by atoms with Gasteiger partial charge in [0.25, 0.3) is 0 Å². The number of benzene rings is 1. The molecule has 0 bridgehead atoms. The van der Waals surface area contributed by atoms with Gasteiger partial charge in [0.05, 0.1) is 23.9 Å². The molecular weight excluding hydrogens is 291 g/mol. The Morgan fingerprint density at radius 2 is 1.91 bits per heavy atom. The van der Waals surface area contributed by atoms with Gasteiger partial charge in [-0.1, -0.05) is 12.1 Å². The van der Waals surface area contributed by atoms with Gasteiger partial charge < -0.3 is 19.8 Å². The van der Waals surface area contributed by atoms with E-state index in [1.54, 1.807) is 19.2 Å². The van der Waals surface area contributed by atoms with E-state index in [-0.39, 0.29) is 0 Å². The molecule has 1 aliphatic heterocycles. The van der Waals surface area contributed by atoms with Crippen LogP contribution in [0.5, 0.6) is 5.75 Å². The minimum Gasteiger partial charge on any atom is -0.495 e. The van der Waals surface area contributed by atoms with Crippen molar-refractivity contribution in [2.45, 2.75) is 38.9 Å². The highest BCUT2D eigenvalue weighted by atomic mass is 16.7. The van der Waals surface area contributed by atoms with E-state index in [0.29, 0.717) is 17.9 Å². The third kappa shape index (κ3) is 3.42. The second-order valence-corrected chi connectivity index (χ2v) is 6.58. The Morgan fingerprint density at radius 1 is 1.30 bits per heavy atom. The highest BCUT2D eigenvalue weighted by Gasteiger charge is 2.52. The predicted molar refractivity (Wildman–Crippen MR) is 90.8 cm³/mol. The van der Waals surface area contributed by atoms with Gasteiger partial charge in [0, 0.05) is 6.54 Å². The minimum absolute atomic E-state index is 0.310. The molecule has 1 saturated heterocycles. The average Bonchev–Trinajstić information content (AvgIpc) is 2.72. The van der Waals surface area contributed by atoms with E-state index in [1.165, 1.54) is 0 Å². The van der Waals surface area contributed by atoms with Crippen molar-refractivity contribution in [1.29, 1.82) is 5.26 Å². The van der Waals surface area contributed by atoms with Gasteiger partial charge in [-0.25, -0.2) is 0 Å². The summed E-state index contributed by atoms with van der Waals surface area (Å²) >= 11 is 0.